The Morgan fingerprint density at radius 3 is 2.86 bits per heavy atom. The maximum absolute atomic E-state index is 12.3. The summed E-state index contributed by atoms with van der Waals surface area (Å²) in [5.41, 5.74) is 5.99. The van der Waals surface area contributed by atoms with Crippen LogP contribution >= 0.6 is 0 Å². The monoisotopic (exact) mass is 411 g/mol. The number of piperidine rings is 1. The summed E-state index contributed by atoms with van der Waals surface area (Å²) in [6.07, 6.45) is 5.48. The Morgan fingerprint density at radius 2 is 2.17 bits per heavy atom. The van der Waals surface area contributed by atoms with Crippen LogP contribution < -0.4 is 20.5 Å². The fourth-order valence-corrected chi connectivity index (χ4v) is 3.22. The zero-order valence-electron chi connectivity index (χ0n) is 16.4. The summed E-state index contributed by atoms with van der Waals surface area (Å²) in [5, 5.41) is 2.79. The van der Waals surface area contributed by atoms with Crippen LogP contribution in [0.3, 0.4) is 0 Å². The number of likely N-dealkylation sites (tertiary alicyclic amines) is 1. The SMILES string of the molecule is COc1cc(/C=C/C(=O)NCCCN2CCCC(C(N)=O)C2)ccc1OC(F)F. The molecule has 0 aliphatic carbocycles. The molecule has 9 heteroatoms. The number of ether oxygens (including phenoxy) is 2. The first-order chi connectivity index (χ1) is 13.9. The quantitative estimate of drug-likeness (QED) is 0.454. The van der Waals surface area contributed by atoms with E-state index in [4.69, 9.17) is 10.5 Å². The van der Waals surface area contributed by atoms with E-state index in [-0.39, 0.29) is 29.2 Å². The predicted molar refractivity (Wildman–Crippen MR) is 105 cm³/mol. The number of amides is 2. The van der Waals surface area contributed by atoms with E-state index in [0.717, 1.165) is 32.4 Å². The number of benzene rings is 1. The minimum absolute atomic E-state index is 0.0691. The van der Waals surface area contributed by atoms with Crippen molar-refractivity contribution < 1.29 is 27.8 Å². The Bertz CT molecular complexity index is 728. The maximum Gasteiger partial charge on any atom is 0.387 e. The lowest BCUT2D eigenvalue weighted by Gasteiger charge is -2.31. The van der Waals surface area contributed by atoms with Gasteiger partial charge in [-0.15, -0.1) is 0 Å². The van der Waals surface area contributed by atoms with Crippen LogP contribution in [0.4, 0.5) is 8.78 Å². The van der Waals surface area contributed by atoms with E-state index in [9.17, 15) is 18.4 Å². The normalized spacial score (nSPS) is 17.4. The second-order valence-electron chi connectivity index (χ2n) is 6.81. The first-order valence-electron chi connectivity index (χ1n) is 9.49. The number of alkyl halides is 2. The third-order valence-corrected chi connectivity index (χ3v) is 4.69. The molecular formula is C20H27F2N3O4. The zero-order chi connectivity index (χ0) is 21.2. The Kier molecular flexibility index (Phi) is 8.85. The van der Waals surface area contributed by atoms with Crippen molar-refractivity contribution in [1.82, 2.24) is 10.2 Å². The van der Waals surface area contributed by atoms with Gasteiger partial charge in [-0.2, -0.15) is 8.78 Å². The number of hydrogen-bond acceptors (Lipinski definition) is 5. The number of hydrogen-bond donors (Lipinski definition) is 2. The van der Waals surface area contributed by atoms with Crippen LogP contribution in [-0.2, 0) is 9.59 Å². The highest BCUT2D eigenvalue weighted by molar-refractivity contribution is 5.91. The summed E-state index contributed by atoms with van der Waals surface area (Å²) in [6, 6.07) is 4.42. The number of carbonyl (C=O) groups is 2. The van der Waals surface area contributed by atoms with Crippen LogP contribution in [0, 0.1) is 5.92 Å². The minimum Gasteiger partial charge on any atom is -0.493 e. The summed E-state index contributed by atoms with van der Waals surface area (Å²) in [5.74, 6) is -0.510. The first-order valence-corrected chi connectivity index (χ1v) is 9.49. The summed E-state index contributed by atoms with van der Waals surface area (Å²) in [7, 11) is 1.35. The van der Waals surface area contributed by atoms with Crippen LogP contribution in [0.15, 0.2) is 24.3 Å². The van der Waals surface area contributed by atoms with E-state index < -0.39 is 6.61 Å². The fraction of sp³-hybridized carbons (Fsp3) is 0.500. The average molecular weight is 411 g/mol. The van der Waals surface area contributed by atoms with Crippen molar-refractivity contribution in [2.45, 2.75) is 25.9 Å². The molecule has 0 saturated carbocycles. The Hall–Kier alpha value is -2.68. The predicted octanol–water partition coefficient (Wildman–Crippen LogP) is 2.01. The molecule has 0 radical (unpaired) electrons. The summed E-state index contributed by atoms with van der Waals surface area (Å²) >= 11 is 0. The molecular weight excluding hydrogens is 384 g/mol. The topological polar surface area (TPSA) is 93.9 Å². The summed E-state index contributed by atoms with van der Waals surface area (Å²) in [4.78, 5) is 25.4. The standard InChI is InChI=1S/C20H27F2N3O4/c1-28-17-12-14(5-7-16(17)29-20(21)22)6-8-18(26)24-9-3-11-25-10-2-4-15(13-25)19(23)27/h5-8,12,15,20H,2-4,9-11,13H2,1H3,(H2,23,27)(H,24,26)/b8-6+. The molecule has 1 aromatic rings. The molecule has 1 fully saturated rings. The van der Waals surface area contributed by atoms with Crippen LogP contribution in [0.5, 0.6) is 11.5 Å². The molecule has 0 aromatic heterocycles. The maximum atomic E-state index is 12.3. The fourth-order valence-electron chi connectivity index (χ4n) is 3.22. The smallest absolute Gasteiger partial charge is 0.387 e. The van der Waals surface area contributed by atoms with Crippen molar-refractivity contribution in [3.63, 3.8) is 0 Å². The van der Waals surface area contributed by atoms with Gasteiger partial charge in [0, 0.05) is 19.2 Å². The number of primary amides is 1. The highest BCUT2D eigenvalue weighted by Crippen LogP contribution is 2.29. The molecule has 1 saturated heterocycles. The van der Waals surface area contributed by atoms with Gasteiger partial charge in [-0.3, -0.25) is 9.59 Å². The van der Waals surface area contributed by atoms with Gasteiger partial charge in [-0.1, -0.05) is 6.07 Å². The molecule has 0 spiro atoms. The van der Waals surface area contributed by atoms with Crippen molar-refractivity contribution in [3.05, 3.63) is 29.8 Å². The van der Waals surface area contributed by atoms with E-state index >= 15 is 0 Å². The van der Waals surface area contributed by atoms with Crippen molar-refractivity contribution in [2.75, 3.05) is 33.3 Å². The molecule has 29 heavy (non-hydrogen) atoms. The Balaban J connectivity index is 1.74. The Labute approximate surface area is 168 Å². The van der Waals surface area contributed by atoms with E-state index in [1.807, 2.05) is 0 Å². The van der Waals surface area contributed by atoms with Gasteiger partial charge in [0.25, 0.3) is 0 Å². The molecule has 160 valence electrons. The molecule has 1 heterocycles. The van der Waals surface area contributed by atoms with Gasteiger partial charge >= 0.3 is 6.61 Å². The molecule has 2 rings (SSSR count). The van der Waals surface area contributed by atoms with Gasteiger partial charge in [0.15, 0.2) is 11.5 Å². The molecule has 1 aliphatic rings. The molecule has 3 N–H and O–H groups in total. The van der Waals surface area contributed by atoms with E-state index in [2.05, 4.69) is 15.0 Å². The minimum atomic E-state index is -2.94. The largest absolute Gasteiger partial charge is 0.493 e. The summed E-state index contributed by atoms with van der Waals surface area (Å²) < 4.78 is 34.1. The van der Waals surface area contributed by atoms with Crippen LogP contribution in [0.1, 0.15) is 24.8 Å². The number of rotatable bonds is 10. The second kappa shape index (κ2) is 11.4. The van der Waals surface area contributed by atoms with Crippen LogP contribution in [0.25, 0.3) is 6.08 Å². The van der Waals surface area contributed by atoms with Gasteiger partial charge in [0.05, 0.1) is 13.0 Å². The van der Waals surface area contributed by atoms with Crippen molar-refractivity contribution >= 4 is 17.9 Å². The molecule has 2 amide bonds. The third kappa shape index (κ3) is 7.69. The molecule has 1 aliphatic heterocycles. The van der Waals surface area contributed by atoms with Gasteiger partial charge in [-0.05, 0) is 56.1 Å². The first kappa shape index (κ1) is 22.6. The van der Waals surface area contributed by atoms with Crippen molar-refractivity contribution in [2.24, 2.45) is 11.7 Å². The van der Waals surface area contributed by atoms with Crippen molar-refractivity contribution in [3.8, 4) is 11.5 Å². The number of methoxy groups -OCH3 is 1. The molecule has 1 unspecified atom stereocenters. The number of nitrogens with two attached hydrogens (primary N) is 1. The number of halogens is 2. The Morgan fingerprint density at radius 1 is 1.38 bits per heavy atom. The van der Waals surface area contributed by atoms with Gasteiger partial charge < -0.3 is 25.4 Å². The average Bonchev–Trinajstić information content (AvgIpc) is 2.70. The molecule has 0 bridgehead atoms. The lowest BCUT2D eigenvalue weighted by atomic mass is 9.97. The number of nitrogens with zero attached hydrogens (tertiary/aromatic N) is 1. The lowest BCUT2D eigenvalue weighted by Crippen LogP contribution is -2.42. The second-order valence-corrected chi connectivity index (χ2v) is 6.81. The van der Waals surface area contributed by atoms with E-state index in [0.29, 0.717) is 18.7 Å². The third-order valence-electron chi connectivity index (χ3n) is 4.69. The van der Waals surface area contributed by atoms with Gasteiger partial charge in [0.1, 0.15) is 0 Å². The number of nitrogens with one attached hydrogen (secondary N) is 1. The highest BCUT2D eigenvalue weighted by atomic mass is 19.3. The van der Waals surface area contributed by atoms with Gasteiger partial charge in [-0.25, -0.2) is 0 Å². The van der Waals surface area contributed by atoms with Crippen LogP contribution in [0.2, 0.25) is 0 Å². The highest BCUT2D eigenvalue weighted by Gasteiger charge is 2.23. The number of carbonyl (C=O) groups excluding carboxylic acids is 2. The van der Waals surface area contributed by atoms with Crippen LogP contribution in [-0.4, -0.2) is 56.6 Å². The zero-order valence-corrected chi connectivity index (χ0v) is 16.4. The van der Waals surface area contributed by atoms with E-state index in [1.165, 1.54) is 25.3 Å². The molecule has 1 atom stereocenters. The molecule has 1 aromatic carbocycles. The van der Waals surface area contributed by atoms with Gasteiger partial charge in [0.2, 0.25) is 11.8 Å². The van der Waals surface area contributed by atoms with Crippen molar-refractivity contribution in [1.29, 1.82) is 0 Å². The summed E-state index contributed by atoms with van der Waals surface area (Å²) in [6.45, 7) is -0.0362. The van der Waals surface area contributed by atoms with E-state index in [1.54, 1.807) is 12.1 Å². The lowest BCUT2D eigenvalue weighted by molar-refractivity contribution is -0.123. The molecule has 7 nitrogen and oxygen atoms in total.